The molecule has 57 heavy (non-hydrogen) atoms. The zero-order valence-corrected chi connectivity index (χ0v) is 33.4. The van der Waals surface area contributed by atoms with Crippen molar-refractivity contribution in [3.8, 4) is 11.5 Å². The molecule has 2 aromatic heterocycles. The number of anilines is 1. The van der Waals surface area contributed by atoms with Gasteiger partial charge in [-0.2, -0.15) is 0 Å². The Labute approximate surface area is 337 Å². The summed E-state index contributed by atoms with van der Waals surface area (Å²) in [6.45, 7) is 6.21. The van der Waals surface area contributed by atoms with Gasteiger partial charge in [-0.25, -0.2) is 9.78 Å². The van der Waals surface area contributed by atoms with Crippen LogP contribution in [0.3, 0.4) is 0 Å². The highest BCUT2D eigenvalue weighted by atomic mass is 35.5. The Morgan fingerprint density at radius 1 is 1.21 bits per heavy atom. The van der Waals surface area contributed by atoms with Gasteiger partial charge >= 0.3 is 5.97 Å². The van der Waals surface area contributed by atoms with Crippen LogP contribution >= 0.6 is 34.7 Å². The van der Waals surface area contributed by atoms with Crippen LogP contribution in [0, 0.1) is 0 Å². The molecule has 3 amide bonds. The minimum absolute atomic E-state index is 0.0246. The van der Waals surface area contributed by atoms with E-state index in [0.29, 0.717) is 29.7 Å². The van der Waals surface area contributed by atoms with Gasteiger partial charge in [0.25, 0.3) is 17.7 Å². The number of hydrogen-bond acceptors (Lipinski definition) is 15. The van der Waals surface area contributed by atoms with Gasteiger partial charge in [0.05, 0.1) is 53.8 Å². The van der Waals surface area contributed by atoms with E-state index >= 15 is 0 Å². The fourth-order valence-corrected chi connectivity index (χ4v) is 9.38. The maximum absolute atomic E-state index is 13.6. The number of thiazole rings is 1. The number of fused-ring (bicyclic) bond motifs is 2. The lowest BCUT2D eigenvalue weighted by Crippen LogP contribution is -2.72. The smallest absolute Gasteiger partial charge is 0.350 e. The summed E-state index contributed by atoms with van der Waals surface area (Å²) in [5, 5.41) is 51.1. The van der Waals surface area contributed by atoms with Gasteiger partial charge in [0.15, 0.2) is 22.3 Å². The monoisotopic (exact) mass is 846 g/mol. The first-order valence-corrected chi connectivity index (χ1v) is 19.8. The normalized spacial score (nSPS) is 20.6. The SMILES string of the molecule is C[C@@H]1S[C@@H]2[C@H](NC(=O)C(=NOC(C)(C)C(=O)O)c3csc(N)n3)C(=O)N2C(C(=O)[O-])=C1C[N+]1(CCNC(=O)c2cn(C)c3cc(O)c(O)c(Cl)c3c2=O)CCCC1. The molecule has 304 valence electrons. The number of nitrogens with zero attached hydrogens (tertiary/aromatic N) is 5. The van der Waals surface area contributed by atoms with Crippen LogP contribution in [0.1, 0.15) is 49.7 Å². The number of aryl methyl sites for hydroxylation is 1. The van der Waals surface area contributed by atoms with Gasteiger partial charge in [0.1, 0.15) is 29.2 Å². The molecule has 0 unspecified atom stereocenters. The molecule has 2 saturated heterocycles. The van der Waals surface area contributed by atoms with E-state index in [1.54, 1.807) is 14.0 Å². The van der Waals surface area contributed by atoms with Gasteiger partial charge in [-0.05, 0) is 20.8 Å². The van der Waals surface area contributed by atoms with Crippen LogP contribution in [-0.4, -0.2) is 125 Å². The Morgan fingerprint density at radius 3 is 2.51 bits per heavy atom. The molecule has 3 aliphatic rings. The van der Waals surface area contributed by atoms with Gasteiger partial charge < -0.3 is 55.5 Å². The van der Waals surface area contributed by atoms with Crippen molar-refractivity contribution in [1.82, 2.24) is 25.1 Å². The third kappa shape index (κ3) is 7.71. The Bertz CT molecular complexity index is 2340. The van der Waals surface area contributed by atoms with Crippen molar-refractivity contribution in [1.29, 1.82) is 0 Å². The van der Waals surface area contributed by atoms with Gasteiger partial charge in [0.2, 0.25) is 11.0 Å². The first-order chi connectivity index (χ1) is 26.8. The molecule has 22 heteroatoms. The number of halogens is 1. The molecule has 0 aliphatic carbocycles. The average molecular weight is 847 g/mol. The minimum Gasteiger partial charge on any atom is -0.543 e. The van der Waals surface area contributed by atoms with Crippen LogP contribution in [0.2, 0.25) is 5.02 Å². The number of carboxylic acid groups (broad SMARTS) is 2. The molecule has 2 fully saturated rings. The van der Waals surface area contributed by atoms with Gasteiger partial charge in [0, 0.05) is 48.4 Å². The Hall–Kier alpha value is -5.38. The number of likely N-dealkylation sites (tertiary alicyclic amines) is 1. The largest absolute Gasteiger partial charge is 0.543 e. The number of hydrogen-bond donors (Lipinski definition) is 6. The number of benzene rings is 1. The summed E-state index contributed by atoms with van der Waals surface area (Å²) in [7, 11) is 1.55. The van der Waals surface area contributed by atoms with Crippen LogP contribution in [-0.2, 0) is 31.1 Å². The molecular formula is C35H39ClN8O11S2. The first-order valence-electron chi connectivity index (χ1n) is 17.6. The van der Waals surface area contributed by atoms with E-state index in [2.05, 4.69) is 20.8 Å². The predicted molar refractivity (Wildman–Crippen MR) is 206 cm³/mol. The summed E-state index contributed by atoms with van der Waals surface area (Å²) in [6, 6.07) is -0.0191. The number of nitrogen functional groups attached to an aromatic ring is 1. The van der Waals surface area contributed by atoms with Crippen LogP contribution < -0.4 is 26.9 Å². The number of carbonyl (C=O) groups excluding carboxylic acids is 4. The van der Waals surface area contributed by atoms with E-state index in [9.17, 15) is 49.2 Å². The second kappa shape index (κ2) is 15.5. The summed E-state index contributed by atoms with van der Waals surface area (Å²) >= 11 is 8.44. The van der Waals surface area contributed by atoms with Crippen LogP contribution in [0.25, 0.3) is 10.9 Å². The van der Waals surface area contributed by atoms with Crippen LogP contribution in [0.5, 0.6) is 11.5 Å². The second-order valence-electron chi connectivity index (χ2n) is 14.5. The maximum Gasteiger partial charge on any atom is 0.350 e. The molecule has 3 aromatic rings. The highest BCUT2D eigenvalue weighted by Crippen LogP contribution is 2.45. The fourth-order valence-electron chi connectivity index (χ4n) is 7.11. The summed E-state index contributed by atoms with van der Waals surface area (Å²) in [5.74, 6) is -6.47. The number of β-lactam (4-membered cyclic amide) rings is 1. The number of nitrogens with two attached hydrogens (primary N) is 1. The van der Waals surface area contributed by atoms with Crippen molar-refractivity contribution in [3.05, 3.63) is 55.4 Å². The number of phenolic OH excluding ortho intramolecular Hbond substituents is 2. The minimum atomic E-state index is -1.82. The van der Waals surface area contributed by atoms with E-state index in [1.165, 1.54) is 47.8 Å². The number of aromatic hydroxyl groups is 2. The summed E-state index contributed by atoms with van der Waals surface area (Å²) < 4.78 is 1.81. The molecule has 0 saturated carbocycles. The lowest BCUT2D eigenvalue weighted by Gasteiger charge is -2.53. The Morgan fingerprint density at radius 2 is 1.89 bits per heavy atom. The van der Waals surface area contributed by atoms with Crippen molar-refractivity contribution in [3.63, 3.8) is 0 Å². The summed E-state index contributed by atoms with van der Waals surface area (Å²) in [6.07, 6.45) is 2.95. The number of quaternary nitrogens is 1. The van der Waals surface area contributed by atoms with E-state index < -0.39 is 74.6 Å². The van der Waals surface area contributed by atoms with Crippen LogP contribution in [0.4, 0.5) is 5.13 Å². The van der Waals surface area contributed by atoms with E-state index in [1.807, 2.05) is 0 Å². The van der Waals surface area contributed by atoms with Crippen molar-refractivity contribution in [2.75, 3.05) is 38.5 Å². The quantitative estimate of drug-likeness (QED) is 0.0437. The van der Waals surface area contributed by atoms with Gasteiger partial charge in [-0.15, -0.1) is 23.1 Å². The highest BCUT2D eigenvalue weighted by Gasteiger charge is 2.55. The average Bonchev–Trinajstić information content (AvgIpc) is 3.80. The third-order valence-electron chi connectivity index (χ3n) is 10.3. The zero-order valence-electron chi connectivity index (χ0n) is 31.0. The zero-order chi connectivity index (χ0) is 41.7. The fraction of sp³-hybridized carbons (Fsp3) is 0.429. The molecule has 19 nitrogen and oxygen atoms in total. The summed E-state index contributed by atoms with van der Waals surface area (Å²) in [5.41, 5.74) is 2.85. The number of aromatic nitrogens is 2. The number of carboxylic acids is 2. The first kappa shape index (κ1) is 41.3. The summed E-state index contributed by atoms with van der Waals surface area (Å²) in [4.78, 5) is 88.5. The van der Waals surface area contributed by atoms with Crippen molar-refractivity contribution < 1.29 is 53.7 Å². The van der Waals surface area contributed by atoms with E-state index in [0.717, 1.165) is 29.1 Å². The third-order valence-corrected chi connectivity index (χ3v) is 12.8. The molecular weight excluding hydrogens is 808 g/mol. The van der Waals surface area contributed by atoms with Crippen molar-refractivity contribution >= 4 is 86.1 Å². The molecule has 5 heterocycles. The van der Waals surface area contributed by atoms with Crippen molar-refractivity contribution in [2.45, 2.75) is 55.9 Å². The maximum atomic E-state index is 13.6. The molecule has 1 aromatic carbocycles. The molecule has 0 radical (unpaired) electrons. The highest BCUT2D eigenvalue weighted by molar-refractivity contribution is 8.00. The number of phenols is 2. The van der Waals surface area contributed by atoms with Gasteiger partial charge in [-0.1, -0.05) is 16.8 Å². The van der Waals surface area contributed by atoms with Crippen LogP contribution in [0.15, 0.2) is 38.9 Å². The Kier molecular flexibility index (Phi) is 11.2. The topological polar surface area (TPSA) is 279 Å². The number of oxime groups is 1. The van der Waals surface area contributed by atoms with E-state index in [4.69, 9.17) is 22.2 Å². The molecule has 0 bridgehead atoms. The number of nitrogens with one attached hydrogen (secondary N) is 2. The molecule has 3 atom stereocenters. The molecule has 0 spiro atoms. The number of rotatable bonds is 13. The van der Waals surface area contributed by atoms with Crippen molar-refractivity contribution in [2.24, 2.45) is 12.2 Å². The van der Waals surface area contributed by atoms with Gasteiger partial charge in [-0.3, -0.25) is 24.1 Å². The van der Waals surface area contributed by atoms with E-state index in [-0.39, 0.29) is 51.1 Å². The number of pyridine rings is 1. The standard InChI is InChI=1S/C35H39ClN8O11S2/c1-15-17(13-44(8-5-6-9-44)10-7-38-28(48)16-12-42(4)19-11-20(45)27(47)22(36)21(19)26(16)46)25(32(51)52)43-30(50)24(31(43)57-15)40-29(49)23(18-14-56-34(37)39-18)41-55-35(2,3)33(53)54/h11-12,14-15,24,31H,5-10,13H2,1-4H3,(H7-,37,38,39,40,41,45,46,47,48,49,51,52,53,54)/t15-,24+,31+/m0/s1. The molecule has 6 rings (SSSR count). The lowest BCUT2D eigenvalue weighted by molar-refractivity contribution is -0.911. The number of amides is 3. The Balaban J connectivity index is 1.19. The predicted octanol–water partition coefficient (Wildman–Crippen LogP) is 0.0587. The molecule has 7 N–H and O–H groups in total. The number of thioether (sulfide) groups is 1. The lowest BCUT2D eigenvalue weighted by atomic mass is 9.99. The number of aliphatic carboxylic acids is 2. The molecule has 3 aliphatic heterocycles. The number of carbonyl (C=O) groups is 5. The second-order valence-corrected chi connectivity index (χ2v) is 17.2.